The summed E-state index contributed by atoms with van der Waals surface area (Å²) in [6, 6.07) is 6.03. The molecule has 3 N–H and O–H groups in total. The van der Waals surface area contributed by atoms with E-state index < -0.39 is 0 Å². The normalized spacial score (nSPS) is 16.9. The molecular weight excluding hydrogens is 254 g/mol. The molecule has 1 unspecified atom stereocenters. The number of nitrogens with zero attached hydrogens (tertiary/aromatic N) is 1. The molecule has 1 heterocycles. The van der Waals surface area contributed by atoms with Gasteiger partial charge in [0.15, 0.2) is 11.5 Å². The second-order valence-electron chi connectivity index (χ2n) is 5.90. The summed E-state index contributed by atoms with van der Waals surface area (Å²) in [5.41, 5.74) is 3.89. The van der Waals surface area contributed by atoms with Gasteiger partial charge >= 0.3 is 0 Å². The van der Waals surface area contributed by atoms with Crippen LogP contribution in [0.1, 0.15) is 31.9 Å². The van der Waals surface area contributed by atoms with Gasteiger partial charge < -0.3 is 14.4 Å². The maximum Gasteiger partial charge on any atom is 0.161 e. The second kappa shape index (κ2) is 5.99. The monoisotopic (exact) mass is 279 g/mol. The standard InChI is InChI=1S/C15H25N3O2/c1-15(2,18(3)4)14(17-16)11-6-7-12-13(10-11)20-9-5-8-19-12/h6-7,10,14,17H,5,8-9,16H2,1-4H3. The summed E-state index contributed by atoms with van der Waals surface area (Å²) in [5.74, 6) is 7.40. The Balaban J connectivity index is 2.34. The fourth-order valence-corrected chi connectivity index (χ4v) is 2.33. The van der Waals surface area contributed by atoms with E-state index in [1.807, 2.05) is 32.3 Å². The van der Waals surface area contributed by atoms with Crippen molar-refractivity contribution < 1.29 is 9.47 Å². The minimum atomic E-state index is -0.130. The Morgan fingerprint density at radius 3 is 2.45 bits per heavy atom. The maximum atomic E-state index is 5.79. The van der Waals surface area contributed by atoms with Crippen LogP contribution < -0.4 is 20.7 Å². The summed E-state index contributed by atoms with van der Waals surface area (Å²) >= 11 is 0. The van der Waals surface area contributed by atoms with Crippen LogP contribution in [0.15, 0.2) is 18.2 Å². The van der Waals surface area contributed by atoms with Gasteiger partial charge in [0.25, 0.3) is 0 Å². The zero-order valence-corrected chi connectivity index (χ0v) is 12.8. The van der Waals surface area contributed by atoms with Gasteiger partial charge in [-0.05, 0) is 45.6 Å². The lowest BCUT2D eigenvalue weighted by Gasteiger charge is -2.40. The molecule has 1 aliphatic rings. The largest absolute Gasteiger partial charge is 0.490 e. The average Bonchev–Trinajstić information content (AvgIpc) is 2.63. The fraction of sp³-hybridized carbons (Fsp3) is 0.600. The third kappa shape index (κ3) is 2.90. The van der Waals surface area contributed by atoms with Gasteiger partial charge in [-0.25, -0.2) is 0 Å². The molecule has 5 heteroatoms. The second-order valence-corrected chi connectivity index (χ2v) is 5.90. The molecule has 0 aromatic heterocycles. The highest BCUT2D eigenvalue weighted by atomic mass is 16.5. The minimum absolute atomic E-state index is 0.00495. The van der Waals surface area contributed by atoms with Crippen molar-refractivity contribution in [2.45, 2.75) is 31.8 Å². The van der Waals surface area contributed by atoms with E-state index in [-0.39, 0.29) is 11.6 Å². The molecule has 5 nitrogen and oxygen atoms in total. The smallest absolute Gasteiger partial charge is 0.161 e. The first kappa shape index (κ1) is 15.1. The van der Waals surface area contributed by atoms with E-state index in [9.17, 15) is 0 Å². The number of hydrazine groups is 1. The van der Waals surface area contributed by atoms with Crippen LogP contribution >= 0.6 is 0 Å². The van der Waals surface area contributed by atoms with Crippen molar-refractivity contribution in [1.29, 1.82) is 0 Å². The third-order valence-electron chi connectivity index (χ3n) is 4.13. The molecule has 20 heavy (non-hydrogen) atoms. The molecule has 1 atom stereocenters. The average molecular weight is 279 g/mol. The number of hydrogen-bond donors (Lipinski definition) is 2. The Bertz CT molecular complexity index is 460. The number of benzene rings is 1. The van der Waals surface area contributed by atoms with Crippen LogP contribution in [-0.2, 0) is 0 Å². The van der Waals surface area contributed by atoms with Crippen LogP contribution in [0.2, 0.25) is 0 Å². The molecule has 0 saturated heterocycles. The van der Waals surface area contributed by atoms with E-state index in [1.165, 1.54) is 0 Å². The van der Waals surface area contributed by atoms with E-state index in [2.05, 4.69) is 24.2 Å². The van der Waals surface area contributed by atoms with Crippen LogP contribution in [-0.4, -0.2) is 37.7 Å². The molecule has 1 aliphatic heterocycles. The lowest BCUT2D eigenvalue weighted by molar-refractivity contribution is 0.138. The summed E-state index contributed by atoms with van der Waals surface area (Å²) in [5, 5.41) is 0. The number of nitrogens with two attached hydrogens (primary N) is 1. The van der Waals surface area contributed by atoms with Crippen LogP contribution in [0, 0.1) is 0 Å². The molecule has 0 spiro atoms. The molecule has 112 valence electrons. The fourth-order valence-electron chi connectivity index (χ4n) is 2.33. The van der Waals surface area contributed by atoms with Crippen molar-refractivity contribution in [2.75, 3.05) is 27.3 Å². The molecule has 0 radical (unpaired) electrons. The lowest BCUT2D eigenvalue weighted by Crippen LogP contribution is -2.51. The molecule has 0 fully saturated rings. The molecule has 0 amide bonds. The van der Waals surface area contributed by atoms with Gasteiger partial charge in [0.05, 0.1) is 19.3 Å². The van der Waals surface area contributed by atoms with E-state index in [0.29, 0.717) is 13.2 Å². The first-order valence-corrected chi connectivity index (χ1v) is 7.00. The van der Waals surface area contributed by atoms with Crippen molar-refractivity contribution in [3.63, 3.8) is 0 Å². The van der Waals surface area contributed by atoms with Gasteiger partial charge in [0.1, 0.15) is 0 Å². The predicted octanol–water partition coefficient (Wildman–Crippen LogP) is 1.69. The summed E-state index contributed by atoms with van der Waals surface area (Å²) < 4.78 is 11.4. The van der Waals surface area contributed by atoms with Gasteiger partial charge in [-0.2, -0.15) is 0 Å². The van der Waals surface area contributed by atoms with E-state index in [0.717, 1.165) is 23.5 Å². The molecule has 0 saturated carbocycles. The number of rotatable bonds is 4. The van der Waals surface area contributed by atoms with Gasteiger partial charge in [-0.3, -0.25) is 11.3 Å². The van der Waals surface area contributed by atoms with Crippen molar-refractivity contribution in [2.24, 2.45) is 5.84 Å². The van der Waals surface area contributed by atoms with E-state index >= 15 is 0 Å². The first-order chi connectivity index (χ1) is 9.46. The summed E-state index contributed by atoms with van der Waals surface area (Å²) in [4.78, 5) is 2.15. The zero-order valence-electron chi connectivity index (χ0n) is 12.8. The van der Waals surface area contributed by atoms with Crippen molar-refractivity contribution in [1.82, 2.24) is 10.3 Å². The maximum absolute atomic E-state index is 5.79. The summed E-state index contributed by atoms with van der Waals surface area (Å²) in [7, 11) is 4.10. The molecular formula is C15H25N3O2. The van der Waals surface area contributed by atoms with Crippen LogP contribution in [0.4, 0.5) is 0 Å². The van der Waals surface area contributed by atoms with Gasteiger partial charge in [0.2, 0.25) is 0 Å². The van der Waals surface area contributed by atoms with Gasteiger partial charge in [-0.1, -0.05) is 6.07 Å². The van der Waals surface area contributed by atoms with Crippen LogP contribution in [0.5, 0.6) is 11.5 Å². The molecule has 1 aromatic carbocycles. The quantitative estimate of drug-likeness (QED) is 0.649. The Hall–Kier alpha value is -1.30. The lowest BCUT2D eigenvalue weighted by atomic mass is 9.88. The zero-order chi connectivity index (χ0) is 14.8. The van der Waals surface area contributed by atoms with Gasteiger partial charge in [-0.15, -0.1) is 0 Å². The van der Waals surface area contributed by atoms with E-state index in [1.54, 1.807) is 0 Å². The summed E-state index contributed by atoms with van der Waals surface area (Å²) in [6.45, 7) is 5.70. The SMILES string of the molecule is CN(C)C(C)(C)C(NN)c1ccc2c(c1)OCCCO2. The minimum Gasteiger partial charge on any atom is -0.490 e. The van der Waals surface area contributed by atoms with Gasteiger partial charge in [0, 0.05) is 12.0 Å². The third-order valence-corrected chi connectivity index (χ3v) is 4.13. The number of ether oxygens (including phenoxy) is 2. The van der Waals surface area contributed by atoms with Crippen molar-refractivity contribution in [3.8, 4) is 11.5 Å². The topological polar surface area (TPSA) is 59.8 Å². The Kier molecular flexibility index (Phi) is 4.52. The highest BCUT2D eigenvalue weighted by molar-refractivity contribution is 5.44. The number of nitrogens with one attached hydrogen (secondary N) is 1. The van der Waals surface area contributed by atoms with Crippen molar-refractivity contribution >= 4 is 0 Å². The Morgan fingerprint density at radius 1 is 1.20 bits per heavy atom. The van der Waals surface area contributed by atoms with Crippen LogP contribution in [0.25, 0.3) is 0 Å². The predicted molar refractivity (Wildman–Crippen MR) is 79.9 cm³/mol. The van der Waals surface area contributed by atoms with Crippen molar-refractivity contribution in [3.05, 3.63) is 23.8 Å². The van der Waals surface area contributed by atoms with Crippen LogP contribution in [0.3, 0.4) is 0 Å². The summed E-state index contributed by atoms with van der Waals surface area (Å²) in [6.07, 6.45) is 0.909. The highest BCUT2D eigenvalue weighted by Crippen LogP contribution is 2.36. The molecule has 0 aliphatic carbocycles. The number of hydrogen-bond acceptors (Lipinski definition) is 5. The highest BCUT2D eigenvalue weighted by Gasteiger charge is 2.32. The Labute approximate surface area is 121 Å². The van der Waals surface area contributed by atoms with E-state index in [4.69, 9.17) is 15.3 Å². The Morgan fingerprint density at radius 2 is 1.85 bits per heavy atom. The first-order valence-electron chi connectivity index (χ1n) is 7.00. The molecule has 0 bridgehead atoms. The molecule has 1 aromatic rings. The number of likely N-dealkylation sites (N-methyl/N-ethyl adjacent to an activating group) is 1. The molecule has 2 rings (SSSR count). The number of fused-ring (bicyclic) bond motifs is 1.